The monoisotopic (exact) mass is 289 g/mol. The Labute approximate surface area is 123 Å². The van der Waals surface area contributed by atoms with Gasteiger partial charge in [0.15, 0.2) is 0 Å². The molecule has 1 aromatic heterocycles. The second kappa shape index (κ2) is 6.09. The van der Waals surface area contributed by atoms with Crippen molar-refractivity contribution in [3.63, 3.8) is 0 Å². The maximum Gasteiger partial charge on any atom is 0.324 e. The number of imide groups is 1. The zero-order chi connectivity index (χ0) is 14.7. The van der Waals surface area contributed by atoms with E-state index in [0.717, 1.165) is 32.0 Å². The highest BCUT2D eigenvalue weighted by Crippen LogP contribution is 2.12. The van der Waals surface area contributed by atoms with Gasteiger partial charge >= 0.3 is 6.03 Å². The third kappa shape index (κ3) is 3.13. The maximum absolute atomic E-state index is 12.1. The smallest absolute Gasteiger partial charge is 0.324 e. The molecule has 3 rings (SSSR count). The van der Waals surface area contributed by atoms with Crippen LogP contribution in [0.25, 0.3) is 0 Å². The van der Waals surface area contributed by atoms with Gasteiger partial charge in [0.05, 0.1) is 6.54 Å². The highest BCUT2D eigenvalue weighted by molar-refractivity contribution is 5.96. The standard InChI is InChI=1S/C14H19N5O2/c20-13(19-6-5-16-14(19)21)11-17-7-9-18(10-8-17)12-3-1-2-4-15-12/h1-4H,5-11H2,(H,16,21). The molecule has 7 heteroatoms. The normalized spacial score (nSPS) is 19.7. The number of hydrogen-bond acceptors (Lipinski definition) is 5. The number of piperazine rings is 1. The van der Waals surface area contributed by atoms with E-state index in [1.54, 1.807) is 6.20 Å². The van der Waals surface area contributed by atoms with E-state index < -0.39 is 0 Å². The minimum Gasteiger partial charge on any atom is -0.354 e. The van der Waals surface area contributed by atoms with Gasteiger partial charge in [0.25, 0.3) is 0 Å². The highest BCUT2D eigenvalue weighted by atomic mass is 16.2. The first-order valence-corrected chi connectivity index (χ1v) is 7.20. The fraction of sp³-hybridized carbons (Fsp3) is 0.500. The van der Waals surface area contributed by atoms with Crippen molar-refractivity contribution >= 4 is 17.8 Å². The number of aromatic nitrogens is 1. The number of carbonyl (C=O) groups excluding carboxylic acids is 2. The number of carbonyl (C=O) groups is 2. The minimum absolute atomic E-state index is 0.115. The van der Waals surface area contributed by atoms with E-state index in [1.807, 2.05) is 18.2 Å². The summed E-state index contributed by atoms with van der Waals surface area (Å²) in [6.45, 7) is 4.63. The Balaban J connectivity index is 1.50. The first-order chi connectivity index (χ1) is 10.2. The van der Waals surface area contributed by atoms with Crippen molar-refractivity contribution in [2.75, 3.05) is 50.7 Å². The lowest BCUT2D eigenvalue weighted by Crippen LogP contribution is -2.50. The van der Waals surface area contributed by atoms with Crippen molar-refractivity contribution in [3.8, 4) is 0 Å². The lowest BCUT2D eigenvalue weighted by Gasteiger charge is -2.35. The van der Waals surface area contributed by atoms with Gasteiger partial charge in [-0.1, -0.05) is 6.07 Å². The van der Waals surface area contributed by atoms with E-state index in [9.17, 15) is 9.59 Å². The van der Waals surface area contributed by atoms with Gasteiger partial charge in [-0.2, -0.15) is 0 Å². The summed E-state index contributed by atoms with van der Waals surface area (Å²) in [6.07, 6.45) is 1.79. The van der Waals surface area contributed by atoms with Crippen LogP contribution < -0.4 is 10.2 Å². The fourth-order valence-electron chi connectivity index (χ4n) is 2.66. The molecule has 0 atom stereocenters. The first kappa shape index (κ1) is 13.8. The van der Waals surface area contributed by atoms with Crippen molar-refractivity contribution in [2.45, 2.75) is 0 Å². The van der Waals surface area contributed by atoms with Crippen molar-refractivity contribution < 1.29 is 9.59 Å². The molecule has 7 nitrogen and oxygen atoms in total. The van der Waals surface area contributed by atoms with E-state index >= 15 is 0 Å². The van der Waals surface area contributed by atoms with Gasteiger partial charge < -0.3 is 10.2 Å². The van der Waals surface area contributed by atoms with Crippen LogP contribution in [-0.2, 0) is 4.79 Å². The zero-order valence-corrected chi connectivity index (χ0v) is 11.9. The Morgan fingerprint density at radius 3 is 2.62 bits per heavy atom. The lowest BCUT2D eigenvalue weighted by atomic mass is 10.3. The van der Waals surface area contributed by atoms with Crippen LogP contribution in [0.1, 0.15) is 0 Å². The predicted octanol–water partition coefficient (Wildman–Crippen LogP) is -0.245. The molecule has 112 valence electrons. The van der Waals surface area contributed by atoms with Gasteiger partial charge in [-0.3, -0.25) is 14.6 Å². The minimum atomic E-state index is -0.271. The first-order valence-electron chi connectivity index (χ1n) is 7.20. The SMILES string of the molecule is O=C(CN1CCN(c2ccccn2)CC1)N1CCNC1=O. The average Bonchev–Trinajstić information content (AvgIpc) is 2.95. The van der Waals surface area contributed by atoms with Crippen molar-refractivity contribution in [1.82, 2.24) is 20.1 Å². The molecule has 0 aliphatic carbocycles. The molecule has 2 aliphatic rings. The molecule has 2 fully saturated rings. The molecule has 0 saturated carbocycles. The lowest BCUT2D eigenvalue weighted by molar-refractivity contribution is -0.128. The van der Waals surface area contributed by atoms with Crippen LogP contribution in [0.5, 0.6) is 0 Å². The Bertz CT molecular complexity index is 513. The van der Waals surface area contributed by atoms with E-state index in [4.69, 9.17) is 0 Å². The highest BCUT2D eigenvalue weighted by Gasteiger charge is 2.28. The average molecular weight is 289 g/mol. The Kier molecular flexibility index (Phi) is 4.01. The molecular formula is C14H19N5O2. The number of anilines is 1. The number of amides is 3. The second-order valence-electron chi connectivity index (χ2n) is 5.23. The molecule has 2 aliphatic heterocycles. The summed E-state index contributed by atoms with van der Waals surface area (Å²) in [7, 11) is 0. The molecule has 0 aromatic carbocycles. The van der Waals surface area contributed by atoms with Crippen LogP contribution >= 0.6 is 0 Å². The third-order valence-electron chi connectivity index (χ3n) is 3.86. The topological polar surface area (TPSA) is 68.8 Å². The molecule has 21 heavy (non-hydrogen) atoms. The summed E-state index contributed by atoms with van der Waals surface area (Å²) >= 11 is 0. The molecule has 0 bridgehead atoms. The summed E-state index contributed by atoms with van der Waals surface area (Å²) in [6, 6.07) is 5.60. The summed E-state index contributed by atoms with van der Waals surface area (Å²) in [5.41, 5.74) is 0. The van der Waals surface area contributed by atoms with Gasteiger partial charge in [0.1, 0.15) is 5.82 Å². The van der Waals surface area contributed by atoms with Crippen molar-refractivity contribution in [1.29, 1.82) is 0 Å². The van der Waals surface area contributed by atoms with E-state index in [2.05, 4.69) is 20.1 Å². The molecular weight excluding hydrogens is 270 g/mol. The van der Waals surface area contributed by atoms with Crippen molar-refractivity contribution in [2.24, 2.45) is 0 Å². The molecule has 3 amide bonds. The molecule has 0 radical (unpaired) electrons. The number of pyridine rings is 1. The maximum atomic E-state index is 12.1. The van der Waals surface area contributed by atoms with Gasteiger partial charge in [0.2, 0.25) is 5.91 Å². The van der Waals surface area contributed by atoms with E-state index in [0.29, 0.717) is 19.6 Å². The van der Waals surface area contributed by atoms with Crippen LogP contribution in [0.2, 0.25) is 0 Å². The quantitative estimate of drug-likeness (QED) is 0.831. The largest absolute Gasteiger partial charge is 0.354 e. The molecule has 2 saturated heterocycles. The fourth-order valence-corrected chi connectivity index (χ4v) is 2.66. The second-order valence-corrected chi connectivity index (χ2v) is 5.23. The number of nitrogens with one attached hydrogen (secondary N) is 1. The molecule has 1 aromatic rings. The number of nitrogens with zero attached hydrogens (tertiary/aromatic N) is 4. The molecule has 0 spiro atoms. The van der Waals surface area contributed by atoms with Gasteiger partial charge in [-0.15, -0.1) is 0 Å². The van der Waals surface area contributed by atoms with E-state index in [-0.39, 0.29) is 11.9 Å². The Morgan fingerprint density at radius 1 is 1.19 bits per heavy atom. The Morgan fingerprint density at radius 2 is 2.00 bits per heavy atom. The summed E-state index contributed by atoms with van der Waals surface area (Å²) < 4.78 is 0. The molecule has 0 unspecified atom stereocenters. The van der Waals surface area contributed by atoms with Crippen LogP contribution in [0.3, 0.4) is 0 Å². The van der Waals surface area contributed by atoms with Crippen LogP contribution in [0, 0.1) is 0 Å². The van der Waals surface area contributed by atoms with Crippen LogP contribution in [0.4, 0.5) is 10.6 Å². The third-order valence-corrected chi connectivity index (χ3v) is 3.86. The number of urea groups is 1. The van der Waals surface area contributed by atoms with Gasteiger partial charge in [-0.25, -0.2) is 9.78 Å². The molecule has 1 N–H and O–H groups in total. The van der Waals surface area contributed by atoms with Gasteiger partial charge in [0, 0.05) is 45.5 Å². The Hall–Kier alpha value is -2.15. The zero-order valence-electron chi connectivity index (χ0n) is 11.9. The van der Waals surface area contributed by atoms with Crippen LogP contribution in [-0.4, -0.2) is 72.5 Å². The summed E-state index contributed by atoms with van der Waals surface area (Å²) in [5.74, 6) is 0.860. The van der Waals surface area contributed by atoms with Crippen molar-refractivity contribution in [3.05, 3.63) is 24.4 Å². The molecule has 3 heterocycles. The van der Waals surface area contributed by atoms with E-state index in [1.165, 1.54) is 4.90 Å². The number of hydrogen-bond donors (Lipinski definition) is 1. The van der Waals surface area contributed by atoms with Gasteiger partial charge in [-0.05, 0) is 12.1 Å². The van der Waals surface area contributed by atoms with Crippen LogP contribution in [0.15, 0.2) is 24.4 Å². The predicted molar refractivity (Wildman–Crippen MR) is 78.0 cm³/mol. The number of rotatable bonds is 3. The summed E-state index contributed by atoms with van der Waals surface area (Å²) in [5, 5.41) is 2.65. The summed E-state index contributed by atoms with van der Waals surface area (Å²) in [4.78, 5) is 33.5.